The number of alkyl carbamates (subject to hydrolysis) is 1. The van der Waals surface area contributed by atoms with Gasteiger partial charge in [-0.3, -0.25) is 14.5 Å². The second-order valence-corrected chi connectivity index (χ2v) is 9.70. The Kier molecular flexibility index (Phi) is 9.92. The predicted octanol–water partition coefficient (Wildman–Crippen LogP) is 4.73. The van der Waals surface area contributed by atoms with Gasteiger partial charge in [-0.15, -0.1) is 0 Å². The van der Waals surface area contributed by atoms with Gasteiger partial charge in [0.1, 0.15) is 23.4 Å². The first-order chi connectivity index (χ1) is 16.9. The average Bonchev–Trinajstić information content (AvgIpc) is 2.81. The number of benzene rings is 2. The molecule has 0 heterocycles. The molecule has 0 spiro atoms. The third-order valence-corrected chi connectivity index (χ3v) is 5.05. The van der Waals surface area contributed by atoms with Gasteiger partial charge in [0, 0.05) is 11.7 Å². The van der Waals surface area contributed by atoms with Gasteiger partial charge in [-0.25, -0.2) is 4.79 Å². The number of nitrogens with zero attached hydrogens (tertiary/aromatic N) is 1. The van der Waals surface area contributed by atoms with Crippen LogP contribution >= 0.6 is 0 Å². The number of nitrogens with one attached hydrogen (secondary N) is 2. The van der Waals surface area contributed by atoms with Crippen LogP contribution in [0.4, 0.5) is 10.5 Å². The summed E-state index contributed by atoms with van der Waals surface area (Å²) in [4.78, 5) is 40.7. The monoisotopic (exact) mass is 493 g/mol. The number of amides is 3. The first kappa shape index (κ1) is 28.2. The van der Waals surface area contributed by atoms with Gasteiger partial charge in [-0.05, 0) is 62.9 Å². The van der Waals surface area contributed by atoms with Crippen molar-refractivity contribution in [3.8, 4) is 18.2 Å². The lowest BCUT2D eigenvalue weighted by molar-refractivity contribution is -0.137. The second-order valence-electron chi connectivity index (χ2n) is 9.70. The highest BCUT2D eigenvalue weighted by molar-refractivity contribution is 5.99. The maximum absolute atomic E-state index is 13.7. The van der Waals surface area contributed by atoms with Crippen LogP contribution in [0, 0.1) is 18.4 Å². The van der Waals surface area contributed by atoms with Gasteiger partial charge in [0.25, 0.3) is 11.8 Å². The SMILES string of the molecule is C#CN(C(=O)C(CC(C)C)NC(=O)OC(C)(C)C)C(C(=O)Nc1ccc(OC)cc1)c1ccccc1. The van der Waals surface area contributed by atoms with E-state index >= 15 is 0 Å². The molecule has 2 aromatic rings. The van der Waals surface area contributed by atoms with Crippen molar-refractivity contribution in [3.63, 3.8) is 0 Å². The van der Waals surface area contributed by atoms with Gasteiger partial charge in [0.2, 0.25) is 0 Å². The largest absolute Gasteiger partial charge is 0.497 e. The topological polar surface area (TPSA) is 97.0 Å². The van der Waals surface area contributed by atoms with Crippen molar-refractivity contribution in [1.82, 2.24) is 10.2 Å². The smallest absolute Gasteiger partial charge is 0.408 e. The zero-order valence-electron chi connectivity index (χ0n) is 21.7. The van der Waals surface area contributed by atoms with Crippen molar-refractivity contribution < 1.29 is 23.9 Å². The molecule has 8 heteroatoms. The van der Waals surface area contributed by atoms with E-state index < -0.39 is 35.6 Å². The zero-order chi connectivity index (χ0) is 26.9. The Labute approximate surface area is 213 Å². The summed E-state index contributed by atoms with van der Waals surface area (Å²) in [6, 6.07) is 15.8. The normalized spacial score (nSPS) is 12.6. The number of methoxy groups -OCH3 is 1. The van der Waals surface area contributed by atoms with Crippen molar-refractivity contribution in [2.24, 2.45) is 5.92 Å². The summed E-state index contributed by atoms with van der Waals surface area (Å²) in [5.74, 6) is -0.399. The number of hydrogen-bond donors (Lipinski definition) is 2. The molecule has 3 amide bonds. The summed E-state index contributed by atoms with van der Waals surface area (Å²) in [7, 11) is 1.55. The van der Waals surface area contributed by atoms with Gasteiger partial charge in [0.05, 0.1) is 7.11 Å². The fourth-order valence-electron chi connectivity index (χ4n) is 3.51. The summed E-state index contributed by atoms with van der Waals surface area (Å²) in [6.07, 6.45) is 5.36. The third kappa shape index (κ3) is 8.35. The second kappa shape index (κ2) is 12.6. The quantitative estimate of drug-likeness (QED) is 0.389. The first-order valence-electron chi connectivity index (χ1n) is 11.7. The van der Waals surface area contributed by atoms with Gasteiger partial charge < -0.3 is 20.1 Å². The minimum Gasteiger partial charge on any atom is -0.497 e. The van der Waals surface area contributed by atoms with Crippen LogP contribution in [0.1, 0.15) is 52.6 Å². The highest BCUT2D eigenvalue weighted by Crippen LogP contribution is 2.25. The lowest BCUT2D eigenvalue weighted by Crippen LogP contribution is -2.51. The van der Waals surface area contributed by atoms with E-state index in [4.69, 9.17) is 15.9 Å². The van der Waals surface area contributed by atoms with E-state index in [1.165, 1.54) is 0 Å². The molecular formula is C28H35N3O5. The first-order valence-corrected chi connectivity index (χ1v) is 11.7. The Bertz CT molecular complexity index is 1070. The fourth-order valence-corrected chi connectivity index (χ4v) is 3.51. The molecule has 2 unspecified atom stereocenters. The number of carbonyl (C=O) groups excluding carboxylic acids is 3. The van der Waals surface area contributed by atoms with E-state index in [2.05, 4.69) is 16.7 Å². The molecule has 0 radical (unpaired) electrons. The van der Waals surface area contributed by atoms with Crippen LogP contribution in [0.3, 0.4) is 0 Å². The molecule has 0 fully saturated rings. The maximum Gasteiger partial charge on any atom is 0.408 e. The van der Waals surface area contributed by atoms with Crippen molar-refractivity contribution in [2.45, 2.75) is 58.7 Å². The molecule has 192 valence electrons. The van der Waals surface area contributed by atoms with E-state index in [1.807, 2.05) is 13.8 Å². The minimum atomic E-state index is -1.14. The van der Waals surface area contributed by atoms with Crippen molar-refractivity contribution in [1.29, 1.82) is 0 Å². The van der Waals surface area contributed by atoms with Gasteiger partial charge in [0.15, 0.2) is 0 Å². The van der Waals surface area contributed by atoms with Gasteiger partial charge >= 0.3 is 6.09 Å². The molecule has 36 heavy (non-hydrogen) atoms. The lowest BCUT2D eigenvalue weighted by Gasteiger charge is -2.31. The minimum absolute atomic E-state index is 0.0526. The highest BCUT2D eigenvalue weighted by Gasteiger charge is 2.36. The Hall–Kier alpha value is -3.99. The predicted molar refractivity (Wildman–Crippen MR) is 139 cm³/mol. The number of terminal acetylenes is 1. The van der Waals surface area contributed by atoms with Crippen molar-refractivity contribution >= 4 is 23.6 Å². The van der Waals surface area contributed by atoms with Crippen LogP contribution in [0.25, 0.3) is 0 Å². The molecule has 0 aliphatic carbocycles. The molecule has 0 saturated carbocycles. The Morgan fingerprint density at radius 1 is 1.03 bits per heavy atom. The highest BCUT2D eigenvalue weighted by atomic mass is 16.6. The number of rotatable bonds is 9. The van der Waals surface area contributed by atoms with Crippen LogP contribution in [0.5, 0.6) is 5.75 Å². The van der Waals surface area contributed by atoms with E-state index in [0.717, 1.165) is 4.90 Å². The fraction of sp³-hybridized carbons (Fsp3) is 0.393. The molecule has 2 N–H and O–H groups in total. The number of hydrogen-bond acceptors (Lipinski definition) is 5. The lowest BCUT2D eigenvalue weighted by atomic mass is 9.99. The van der Waals surface area contributed by atoms with Crippen LogP contribution in [0.15, 0.2) is 54.6 Å². The Balaban J connectivity index is 2.39. The number of ether oxygens (including phenoxy) is 2. The van der Waals surface area contributed by atoms with Crippen LogP contribution in [0.2, 0.25) is 0 Å². The summed E-state index contributed by atoms with van der Waals surface area (Å²) in [6.45, 7) is 9.03. The number of anilines is 1. The Morgan fingerprint density at radius 3 is 2.14 bits per heavy atom. The van der Waals surface area contributed by atoms with E-state index in [0.29, 0.717) is 23.4 Å². The summed E-state index contributed by atoms with van der Waals surface area (Å²) in [5.41, 5.74) is 0.290. The standard InChI is InChI=1S/C28H35N3O5/c1-8-31(26(33)23(18-19(2)3)30-27(34)36-28(4,5)6)24(20-12-10-9-11-13-20)25(32)29-21-14-16-22(35-7)17-15-21/h1,9-17,19,23-24H,18H2,2-7H3,(H,29,32)(H,30,34). The van der Waals surface area contributed by atoms with E-state index in [-0.39, 0.29) is 5.92 Å². The van der Waals surface area contributed by atoms with Gasteiger partial charge in [-0.1, -0.05) is 50.6 Å². The van der Waals surface area contributed by atoms with Crippen LogP contribution in [-0.4, -0.2) is 41.6 Å². The summed E-state index contributed by atoms with van der Waals surface area (Å²) >= 11 is 0. The van der Waals surface area contributed by atoms with Gasteiger partial charge in [-0.2, -0.15) is 0 Å². The average molecular weight is 494 g/mol. The Morgan fingerprint density at radius 2 is 1.64 bits per heavy atom. The van der Waals surface area contributed by atoms with E-state index in [1.54, 1.807) is 82.5 Å². The molecule has 0 aliphatic rings. The molecule has 2 aromatic carbocycles. The molecule has 0 aromatic heterocycles. The third-order valence-electron chi connectivity index (χ3n) is 5.05. The van der Waals surface area contributed by atoms with Crippen LogP contribution < -0.4 is 15.4 Å². The van der Waals surface area contributed by atoms with Crippen molar-refractivity contribution in [2.75, 3.05) is 12.4 Å². The molecule has 0 aliphatic heterocycles. The molecule has 2 rings (SSSR count). The van der Waals surface area contributed by atoms with Crippen LogP contribution in [-0.2, 0) is 14.3 Å². The summed E-state index contributed by atoms with van der Waals surface area (Å²) in [5, 5.41) is 5.45. The molecule has 8 nitrogen and oxygen atoms in total. The van der Waals surface area contributed by atoms with E-state index in [9.17, 15) is 14.4 Å². The molecule has 2 atom stereocenters. The van der Waals surface area contributed by atoms with Crippen molar-refractivity contribution in [3.05, 3.63) is 60.2 Å². The zero-order valence-corrected chi connectivity index (χ0v) is 21.7. The molecule has 0 bridgehead atoms. The maximum atomic E-state index is 13.7. The molecule has 0 saturated heterocycles. The molecular weight excluding hydrogens is 458 g/mol. The summed E-state index contributed by atoms with van der Waals surface area (Å²) < 4.78 is 10.5. The number of carbonyl (C=O) groups is 3.